The molecule has 1 heterocycles. The van der Waals surface area contributed by atoms with Crippen LogP contribution in [0.3, 0.4) is 0 Å². The lowest BCUT2D eigenvalue weighted by Gasteiger charge is -2.24. The summed E-state index contributed by atoms with van der Waals surface area (Å²) >= 11 is 0.953. The molecular weight excluding hydrogens is 536 g/mol. The molecule has 11 nitrogen and oxygen atoms in total. The van der Waals surface area contributed by atoms with Crippen LogP contribution < -0.4 is 10.6 Å². The highest BCUT2D eigenvalue weighted by molar-refractivity contribution is 7.99. The van der Waals surface area contributed by atoms with Gasteiger partial charge in [0, 0.05) is 0 Å². The minimum absolute atomic E-state index is 0.0318. The van der Waals surface area contributed by atoms with Gasteiger partial charge in [-0.2, -0.15) is 0 Å². The van der Waals surface area contributed by atoms with Gasteiger partial charge in [-0.3, -0.25) is 14.4 Å². The lowest BCUT2D eigenvalue weighted by atomic mass is 9.98. The molecule has 0 aliphatic rings. The molecule has 2 rings (SSSR count). The maximum absolute atomic E-state index is 13.3. The van der Waals surface area contributed by atoms with E-state index in [1.807, 2.05) is 58.0 Å². The van der Waals surface area contributed by atoms with Crippen LogP contribution in [0.2, 0.25) is 0 Å². The Morgan fingerprint density at radius 3 is 2.15 bits per heavy atom. The number of hydrogen-bond acceptors (Lipinski definition) is 10. The second-order valence-electron chi connectivity index (χ2n) is 11.2. The number of nitrogens with zero attached hydrogens (tertiary/aromatic N) is 2. The molecule has 2 atom stereocenters. The normalized spacial score (nSPS) is 13.0. The summed E-state index contributed by atoms with van der Waals surface area (Å²) in [7, 11) is 0. The van der Waals surface area contributed by atoms with Crippen LogP contribution in [-0.4, -0.2) is 57.4 Å². The number of esters is 1. The molecule has 0 aliphatic carbocycles. The third-order valence-corrected chi connectivity index (χ3v) is 6.01. The third kappa shape index (κ3) is 12.2. The van der Waals surface area contributed by atoms with Crippen molar-refractivity contribution in [2.45, 2.75) is 90.8 Å². The van der Waals surface area contributed by atoms with E-state index in [0.717, 1.165) is 17.3 Å². The predicted molar refractivity (Wildman–Crippen MR) is 150 cm³/mol. The molecule has 0 saturated carbocycles. The number of Topliss-reactive ketones (excluding diaryl/α,β-unsaturated/α-hetero) is 1. The minimum atomic E-state index is -0.964. The Morgan fingerprint density at radius 1 is 0.925 bits per heavy atom. The number of carbonyl (C=O) groups is 4. The van der Waals surface area contributed by atoms with E-state index in [1.165, 1.54) is 0 Å². The van der Waals surface area contributed by atoms with Crippen LogP contribution in [0.15, 0.2) is 40.0 Å². The van der Waals surface area contributed by atoms with Crippen LogP contribution in [0.1, 0.15) is 77.6 Å². The predicted octanol–water partition coefficient (Wildman–Crippen LogP) is 4.56. The number of nitrogens with one attached hydrogen (secondary N) is 2. The van der Waals surface area contributed by atoms with Gasteiger partial charge in [-0.15, -0.1) is 10.2 Å². The molecule has 0 radical (unpaired) electrons. The Labute approximate surface area is 239 Å². The molecule has 1 aromatic carbocycles. The first-order chi connectivity index (χ1) is 18.7. The summed E-state index contributed by atoms with van der Waals surface area (Å²) < 4.78 is 16.0. The van der Waals surface area contributed by atoms with Crippen LogP contribution >= 0.6 is 11.8 Å². The van der Waals surface area contributed by atoms with Gasteiger partial charge in [0.05, 0.1) is 6.04 Å². The molecule has 2 amide bonds. The van der Waals surface area contributed by atoms with E-state index in [9.17, 15) is 19.2 Å². The van der Waals surface area contributed by atoms with E-state index in [4.69, 9.17) is 13.9 Å². The number of ether oxygens (including phenoxy) is 2. The number of carbonyl (C=O) groups excluding carboxylic acids is 4. The molecule has 0 spiro atoms. The Bertz CT molecular complexity index is 1130. The highest BCUT2D eigenvalue weighted by atomic mass is 32.2. The molecule has 220 valence electrons. The van der Waals surface area contributed by atoms with Crippen molar-refractivity contribution in [2.24, 2.45) is 11.8 Å². The Balaban J connectivity index is 2.05. The maximum atomic E-state index is 13.3. The molecular formula is C28H40N4O7S. The smallest absolute Gasteiger partial charge is 0.408 e. The average Bonchev–Trinajstić information content (AvgIpc) is 3.33. The van der Waals surface area contributed by atoms with Crippen LogP contribution in [-0.2, 0) is 25.7 Å². The highest BCUT2D eigenvalue weighted by Crippen LogP contribution is 2.20. The van der Waals surface area contributed by atoms with E-state index in [1.54, 1.807) is 20.8 Å². The van der Waals surface area contributed by atoms with Crippen molar-refractivity contribution in [3.63, 3.8) is 0 Å². The van der Waals surface area contributed by atoms with Gasteiger partial charge in [-0.25, -0.2) is 4.79 Å². The molecule has 0 saturated heterocycles. The largest absolute Gasteiger partial charge is 0.459 e. The lowest BCUT2D eigenvalue weighted by molar-refractivity contribution is -0.151. The molecule has 0 aliphatic heterocycles. The number of amides is 2. The summed E-state index contributed by atoms with van der Waals surface area (Å²) in [6, 6.07) is 7.30. The van der Waals surface area contributed by atoms with Gasteiger partial charge >= 0.3 is 12.1 Å². The zero-order valence-corrected chi connectivity index (χ0v) is 25.0. The topological polar surface area (TPSA) is 150 Å². The number of benzene rings is 1. The van der Waals surface area contributed by atoms with Crippen molar-refractivity contribution >= 4 is 35.5 Å². The third-order valence-electron chi connectivity index (χ3n) is 5.22. The zero-order valence-electron chi connectivity index (χ0n) is 24.2. The van der Waals surface area contributed by atoms with E-state index < -0.39 is 41.4 Å². The summed E-state index contributed by atoms with van der Waals surface area (Å²) in [6.45, 7) is 13.0. The quantitative estimate of drug-likeness (QED) is 0.186. The number of rotatable bonds is 14. The van der Waals surface area contributed by atoms with Gasteiger partial charge in [0.15, 0.2) is 0 Å². The fraction of sp³-hybridized carbons (Fsp3) is 0.571. The molecule has 40 heavy (non-hydrogen) atoms. The van der Waals surface area contributed by atoms with Crippen molar-refractivity contribution in [3.05, 3.63) is 41.8 Å². The van der Waals surface area contributed by atoms with Crippen LogP contribution in [0.25, 0.3) is 0 Å². The van der Waals surface area contributed by atoms with Crippen molar-refractivity contribution in [3.8, 4) is 0 Å². The van der Waals surface area contributed by atoms with Gasteiger partial charge in [-0.1, -0.05) is 69.8 Å². The van der Waals surface area contributed by atoms with Gasteiger partial charge in [0.25, 0.3) is 11.1 Å². The lowest BCUT2D eigenvalue weighted by Crippen LogP contribution is -2.52. The average molecular weight is 577 g/mol. The van der Waals surface area contributed by atoms with Gasteiger partial charge in [-0.05, 0) is 51.0 Å². The maximum Gasteiger partial charge on any atom is 0.408 e. The van der Waals surface area contributed by atoms with Crippen LogP contribution in [0, 0.1) is 11.8 Å². The first kappa shape index (κ1) is 32.8. The van der Waals surface area contributed by atoms with Crippen molar-refractivity contribution in [1.29, 1.82) is 0 Å². The first-order valence-corrected chi connectivity index (χ1v) is 14.2. The number of alkyl carbamates (subject to hydrolysis) is 1. The summed E-state index contributed by atoms with van der Waals surface area (Å²) in [5.74, 6) is -1.78. The van der Waals surface area contributed by atoms with E-state index in [-0.39, 0.29) is 35.3 Å². The Morgan fingerprint density at radius 2 is 1.55 bits per heavy atom. The monoisotopic (exact) mass is 576 g/mol. The van der Waals surface area contributed by atoms with E-state index >= 15 is 0 Å². The van der Waals surface area contributed by atoms with Gasteiger partial charge < -0.3 is 24.5 Å². The van der Waals surface area contributed by atoms with Gasteiger partial charge in [0.2, 0.25) is 11.7 Å². The second-order valence-corrected chi connectivity index (χ2v) is 12.1. The molecule has 0 fully saturated rings. The number of thioether (sulfide) groups is 1. The fourth-order valence-electron chi connectivity index (χ4n) is 3.59. The first-order valence-electron chi connectivity index (χ1n) is 13.2. The number of hydrogen-bond donors (Lipinski definition) is 2. The molecule has 2 aromatic rings. The van der Waals surface area contributed by atoms with Crippen LogP contribution in [0.4, 0.5) is 4.79 Å². The Hall–Kier alpha value is -3.41. The standard InChI is InChI=1S/C28H40N4O7S/c1-17(2)13-20(23(34)25-31-32-27(38-25)40-16-22(33)39-28(5,6)7)29-24(35)21(14-18(3)4)30-26(36)37-15-19-11-9-8-10-12-19/h8-12,17-18,20-21H,13-16H2,1-7H3,(H,29,35)(H,30,36)/t20-,21-/m0/s1. The van der Waals surface area contributed by atoms with Crippen molar-refractivity contribution < 1.29 is 33.1 Å². The van der Waals surface area contributed by atoms with E-state index in [2.05, 4.69) is 20.8 Å². The SMILES string of the molecule is CC(C)C[C@H](NC(=O)OCc1ccccc1)C(=O)N[C@@H](CC(C)C)C(=O)c1nnc(SCC(=O)OC(C)(C)C)o1. The fourth-order valence-corrected chi connectivity index (χ4v) is 4.13. The van der Waals surface area contributed by atoms with Crippen molar-refractivity contribution in [1.82, 2.24) is 20.8 Å². The Kier molecular flexibility index (Phi) is 12.6. The number of aromatic nitrogens is 2. The van der Waals surface area contributed by atoms with Gasteiger partial charge in [0.1, 0.15) is 24.0 Å². The summed E-state index contributed by atoms with van der Waals surface area (Å²) in [5.41, 5.74) is 0.185. The minimum Gasteiger partial charge on any atom is -0.459 e. The second kappa shape index (κ2) is 15.4. The molecule has 12 heteroatoms. The zero-order chi connectivity index (χ0) is 29.9. The summed E-state index contributed by atoms with van der Waals surface area (Å²) in [4.78, 5) is 51.0. The molecule has 1 aromatic heterocycles. The van der Waals surface area contributed by atoms with Crippen molar-refractivity contribution in [2.75, 3.05) is 5.75 Å². The summed E-state index contributed by atoms with van der Waals surface area (Å²) in [6.07, 6.45) is -0.0962. The number of ketones is 1. The van der Waals surface area contributed by atoms with Crippen LogP contribution in [0.5, 0.6) is 0 Å². The molecule has 2 N–H and O–H groups in total. The van der Waals surface area contributed by atoms with E-state index in [0.29, 0.717) is 12.8 Å². The molecule has 0 unspecified atom stereocenters. The molecule has 0 bridgehead atoms. The highest BCUT2D eigenvalue weighted by Gasteiger charge is 2.31. The summed E-state index contributed by atoms with van der Waals surface area (Å²) in [5, 5.41) is 13.1.